The van der Waals surface area contributed by atoms with Crippen molar-refractivity contribution in [3.63, 3.8) is 0 Å². The second-order valence-corrected chi connectivity index (χ2v) is 6.11. The van der Waals surface area contributed by atoms with Gasteiger partial charge in [0.05, 0.1) is 17.5 Å². The lowest BCUT2D eigenvalue weighted by molar-refractivity contribution is 0.0871. The predicted molar refractivity (Wildman–Crippen MR) is 87.0 cm³/mol. The van der Waals surface area contributed by atoms with Gasteiger partial charge < -0.3 is 14.8 Å². The molecule has 2 aromatic rings. The van der Waals surface area contributed by atoms with Crippen molar-refractivity contribution in [2.45, 2.75) is 38.6 Å². The fraction of sp³-hybridized carbons (Fsp3) is 0.444. The molecule has 0 aromatic carbocycles. The van der Waals surface area contributed by atoms with Gasteiger partial charge in [-0.25, -0.2) is 4.98 Å². The summed E-state index contributed by atoms with van der Waals surface area (Å²) in [5.74, 6) is 0.724. The summed E-state index contributed by atoms with van der Waals surface area (Å²) in [6.45, 7) is 1.95. The van der Waals surface area contributed by atoms with Gasteiger partial charge in [0.15, 0.2) is 5.76 Å². The van der Waals surface area contributed by atoms with Crippen LogP contribution in [0, 0.1) is 12.8 Å². The molecule has 0 saturated heterocycles. The van der Waals surface area contributed by atoms with Crippen LogP contribution in [0.2, 0.25) is 0 Å². The summed E-state index contributed by atoms with van der Waals surface area (Å²) in [4.78, 5) is 17.0. The van der Waals surface area contributed by atoms with Gasteiger partial charge in [-0.15, -0.1) is 0 Å². The largest absolute Gasteiger partial charge is 0.463 e. The number of rotatable bonds is 4. The van der Waals surface area contributed by atoms with Crippen LogP contribution in [0.5, 0.6) is 0 Å². The molecule has 23 heavy (non-hydrogen) atoms. The molecule has 1 aliphatic carbocycles. The van der Waals surface area contributed by atoms with E-state index in [0.717, 1.165) is 31.4 Å². The lowest BCUT2D eigenvalue weighted by Gasteiger charge is -2.31. The minimum absolute atomic E-state index is 0.0467. The quantitative estimate of drug-likeness (QED) is 0.910. The SMILES string of the molecule is Cc1nc(-c2ccco2)ccc1C(=O)NC1CCCCC1CO. The van der Waals surface area contributed by atoms with Crippen LogP contribution in [0.4, 0.5) is 0 Å². The highest BCUT2D eigenvalue weighted by atomic mass is 16.3. The number of aliphatic hydroxyl groups excluding tert-OH is 1. The summed E-state index contributed by atoms with van der Waals surface area (Å²) in [5, 5.41) is 12.5. The third-order valence-electron chi connectivity index (χ3n) is 4.56. The van der Waals surface area contributed by atoms with E-state index in [1.165, 1.54) is 0 Å². The van der Waals surface area contributed by atoms with Crippen molar-refractivity contribution in [1.82, 2.24) is 10.3 Å². The number of nitrogens with one attached hydrogen (secondary N) is 1. The maximum absolute atomic E-state index is 12.5. The first kappa shape index (κ1) is 15.7. The molecular formula is C18H22N2O3. The normalized spacial score (nSPS) is 21.1. The van der Waals surface area contributed by atoms with Crippen molar-refractivity contribution >= 4 is 5.91 Å². The van der Waals surface area contributed by atoms with E-state index < -0.39 is 0 Å². The molecule has 5 heteroatoms. The Hall–Kier alpha value is -2.14. The first-order valence-corrected chi connectivity index (χ1v) is 8.12. The molecule has 122 valence electrons. The van der Waals surface area contributed by atoms with Crippen LogP contribution in [0.3, 0.4) is 0 Å². The number of carbonyl (C=O) groups is 1. The van der Waals surface area contributed by atoms with Crippen LogP contribution in [-0.4, -0.2) is 28.6 Å². The number of nitrogens with zero attached hydrogens (tertiary/aromatic N) is 1. The van der Waals surface area contributed by atoms with Gasteiger partial charge in [0.1, 0.15) is 5.69 Å². The van der Waals surface area contributed by atoms with E-state index in [1.807, 2.05) is 19.1 Å². The summed E-state index contributed by atoms with van der Waals surface area (Å²) in [5.41, 5.74) is 1.96. The molecule has 1 fully saturated rings. The van der Waals surface area contributed by atoms with Crippen molar-refractivity contribution in [3.05, 3.63) is 41.8 Å². The van der Waals surface area contributed by atoms with Crippen molar-refractivity contribution in [1.29, 1.82) is 0 Å². The molecule has 1 aliphatic rings. The second-order valence-electron chi connectivity index (χ2n) is 6.11. The van der Waals surface area contributed by atoms with E-state index in [-0.39, 0.29) is 24.5 Å². The summed E-state index contributed by atoms with van der Waals surface area (Å²) in [7, 11) is 0. The number of furan rings is 1. The second kappa shape index (κ2) is 6.96. The number of pyridine rings is 1. The summed E-state index contributed by atoms with van der Waals surface area (Å²) < 4.78 is 5.33. The van der Waals surface area contributed by atoms with Crippen molar-refractivity contribution in [3.8, 4) is 11.5 Å². The van der Waals surface area contributed by atoms with Crippen LogP contribution >= 0.6 is 0 Å². The Morgan fingerprint density at radius 1 is 1.35 bits per heavy atom. The Morgan fingerprint density at radius 3 is 2.87 bits per heavy atom. The highest BCUT2D eigenvalue weighted by molar-refractivity contribution is 5.95. The molecule has 1 saturated carbocycles. The fourth-order valence-corrected chi connectivity index (χ4v) is 3.22. The van der Waals surface area contributed by atoms with Gasteiger partial charge in [-0.2, -0.15) is 0 Å². The van der Waals surface area contributed by atoms with E-state index in [4.69, 9.17) is 4.42 Å². The van der Waals surface area contributed by atoms with Gasteiger partial charge in [0.25, 0.3) is 5.91 Å². The summed E-state index contributed by atoms with van der Waals surface area (Å²) >= 11 is 0. The minimum Gasteiger partial charge on any atom is -0.463 e. The van der Waals surface area contributed by atoms with Crippen molar-refractivity contribution in [2.24, 2.45) is 5.92 Å². The van der Waals surface area contributed by atoms with Crippen LogP contribution in [0.25, 0.3) is 11.5 Å². The molecule has 5 nitrogen and oxygen atoms in total. The number of aromatic nitrogens is 1. The lowest BCUT2D eigenvalue weighted by Crippen LogP contribution is -2.43. The summed E-state index contributed by atoms with van der Waals surface area (Å²) in [6.07, 6.45) is 5.71. The number of hydrogen-bond donors (Lipinski definition) is 2. The van der Waals surface area contributed by atoms with Gasteiger partial charge >= 0.3 is 0 Å². The maximum Gasteiger partial charge on any atom is 0.253 e. The standard InChI is InChI=1S/C18H22N2O3/c1-12-14(8-9-16(19-12)17-7-4-10-23-17)18(22)20-15-6-3-2-5-13(15)11-21/h4,7-10,13,15,21H,2-3,5-6,11H2,1H3,(H,20,22). The average molecular weight is 314 g/mol. The molecule has 0 radical (unpaired) electrons. The number of aryl methyl sites for hydroxylation is 1. The molecule has 0 bridgehead atoms. The number of aliphatic hydroxyl groups is 1. The Kier molecular flexibility index (Phi) is 4.76. The molecule has 3 rings (SSSR count). The zero-order valence-electron chi connectivity index (χ0n) is 13.3. The lowest BCUT2D eigenvalue weighted by atomic mass is 9.85. The minimum atomic E-state index is -0.119. The molecule has 2 atom stereocenters. The predicted octanol–water partition coefficient (Wildman–Crippen LogP) is 2.93. The average Bonchev–Trinajstić information content (AvgIpc) is 3.09. The Labute approximate surface area is 135 Å². The zero-order chi connectivity index (χ0) is 16.2. The third kappa shape index (κ3) is 3.45. The fourth-order valence-electron chi connectivity index (χ4n) is 3.22. The van der Waals surface area contributed by atoms with E-state index in [0.29, 0.717) is 17.0 Å². The van der Waals surface area contributed by atoms with Crippen LogP contribution in [-0.2, 0) is 0 Å². The summed E-state index contributed by atoms with van der Waals surface area (Å²) in [6, 6.07) is 7.28. The molecule has 2 heterocycles. The molecular weight excluding hydrogens is 292 g/mol. The molecule has 0 spiro atoms. The molecule has 2 aromatic heterocycles. The zero-order valence-corrected chi connectivity index (χ0v) is 13.3. The Morgan fingerprint density at radius 2 is 2.17 bits per heavy atom. The van der Waals surface area contributed by atoms with Crippen LogP contribution in [0.1, 0.15) is 41.7 Å². The van der Waals surface area contributed by atoms with Crippen molar-refractivity contribution in [2.75, 3.05) is 6.61 Å². The molecule has 1 amide bonds. The smallest absolute Gasteiger partial charge is 0.253 e. The topological polar surface area (TPSA) is 75.4 Å². The van der Waals surface area contributed by atoms with Gasteiger partial charge in [0.2, 0.25) is 0 Å². The van der Waals surface area contributed by atoms with Crippen molar-refractivity contribution < 1.29 is 14.3 Å². The number of hydrogen-bond acceptors (Lipinski definition) is 4. The highest BCUT2D eigenvalue weighted by Crippen LogP contribution is 2.25. The van der Waals surface area contributed by atoms with E-state index in [2.05, 4.69) is 10.3 Å². The van der Waals surface area contributed by atoms with E-state index >= 15 is 0 Å². The van der Waals surface area contributed by atoms with Gasteiger partial charge in [-0.05, 0) is 44.0 Å². The van der Waals surface area contributed by atoms with Gasteiger partial charge in [-0.3, -0.25) is 4.79 Å². The third-order valence-corrected chi connectivity index (χ3v) is 4.56. The first-order valence-electron chi connectivity index (χ1n) is 8.12. The van der Waals surface area contributed by atoms with Gasteiger partial charge in [0, 0.05) is 18.6 Å². The monoisotopic (exact) mass is 314 g/mol. The molecule has 0 aliphatic heterocycles. The Balaban J connectivity index is 1.74. The van der Waals surface area contributed by atoms with Crippen LogP contribution in [0.15, 0.2) is 34.9 Å². The molecule has 2 N–H and O–H groups in total. The first-order chi connectivity index (χ1) is 11.2. The number of amides is 1. The van der Waals surface area contributed by atoms with Gasteiger partial charge in [-0.1, -0.05) is 12.8 Å². The van der Waals surface area contributed by atoms with E-state index in [1.54, 1.807) is 18.4 Å². The van der Waals surface area contributed by atoms with E-state index in [9.17, 15) is 9.90 Å². The Bertz CT molecular complexity index is 667. The highest BCUT2D eigenvalue weighted by Gasteiger charge is 2.26. The maximum atomic E-state index is 12.5. The number of carbonyl (C=O) groups excluding carboxylic acids is 1. The van der Waals surface area contributed by atoms with Crippen LogP contribution < -0.4 is 5.32 Å². The molecule has 2 unspecified atom stereocenters.